The van der Waals surface area contributed by atoms with Gasteiger partial charge < -0.3 is 9.47 Å². The smallest absolute Gasteiger partial charge is 0.119 e. The zero-order chi connectivity index (χ0) is 23.4. The Kier molecular flexibility index (Phi) is 6.43. The van der Waals surface area contributed by atoms with Gasteiger partial charge in [-0.3, -0.25) is 4.90 Å². The van der Waals surface area contributed by atoms with Crippen molar-refractivity contribution in [2.24, 2.45) is 0 Å². The molecule has 0 radical (unpaired) electrons. The van der Waals surface area contributed by atoms with Crippen molar-refractivity contribution in [2.45, 2.75) is 19.4 Å². The van der Waals surface area contributed by atoms with Crippen molar-refractivity contribution >= 4 is 0 Å². The first-order valence-electron chi connectivity index (χ1n) is 11.8. The lowest BCUT2D eigenvalue weighted by atomic mass is 9.77. The van der Waals surface area contributed by atoms with E-state index in [4.69, 9.17) is 14.6 Å². The molecule has 0 spiro atoms. The van der Waals surface area contributed by atoms with Crippen molar-refractivity contribution in [3.63, 3.8) is 0 Å². The highest BCUT2D eigenvalue weighted by atomic mass is 16.5. The van der Waals surface area contributed by atoms with Crippen LogP contribution in [0.1, 0.15) is 29.4 Å². The van der Waals surface area contributed by atoms with Crippen molar-refractivity contribution < 1.29 is 9.47 Å². The summed E-state index contributed by atoms with van der Waals surface area (Å²) in [6.45, 7) is 7.72. The van der Waals surface area contributed by atoms with E-state index in [0.29, 0.717) is 19.8 Å². The van der Waals surface area contributed by atoms with Crippen LogP contribution in [0, 0.1) is 6.92 Å². The number of rotatable bonds is 7. The second kappa shape index (κ2) is 9.79. The Bertz CT molecular complexity index is 1160. The van der Waals surface area contributed by atoms with Gasteiger partial charge >= 0.3 is 0 Å². The van der Waals surface area contributed by atoms with Crippen molar-refractivity contribution in [1.82, 2.24) is 19.9 Å². The molecule has 1 saturated heterocycles. The van der Waals surface area contributed by atoms with Crippen LogP contribution in [0.2, 0.25) is 0 Å². The quantitative estimate of drug-likeness (QED) is 0.409. The fourth-order valence-electron chi connectivity index (χ4n) is 4.97. The van der Waals surface area contributed by atoms with E-state index in [0.717, 1.165) is 35.9 Å². The number of hydrogen-bond acceptors (Lipinski definition) is 5. The maximum atomic E-state index is 5.74. The van der Waals surface area contributed by atoms with Crippen molar-refractivity contribution in [1.29, 1.82) is 0 Å². The Hall–Kier alpha value is -3.48. The molecule has 1 aromatic heterocycles. The van der Waals surface area contributed by atoms with Gasteiger partial charge in [-0.05, 0) is 49.2 Å². The van der Waals surface area contributed by atoms with E-state index < -0.39 is 5.54 Å². The van der Waals surface area contributed by atoms with Crippen LogP contribution >= 0.6 is 0 Å². The summed E-state index contributed by atoms with van der Waals surface area (Å²) >= 11 is 0. The summed E-state index contributed by atoms with van der Waals surface area (Å²) in [5.74, 6) is 0.848. The first-order chi connectivity index (χ1) is 16.7. The van der Waals surface area contributed by atoms with Gasteiger partial charge in [-0.15, -0.1) is 5.10 Å². The van der Waals surface area contributed by atoms with E-state index in [1.54, 1.807) is 0 Å². The highest BCUT2D eigenvalue weighted by Gasteiger charge is 2.46. The van der Waals surface area contributed by atoms with Crippen LogP contribution in [0.25, 0.3) is 5.69 Å². The minimum atomic E-state index is -0.583. The molecule has 34 heavy (non-hydrogen) atoms. The standard InChI is InChI=1S/C28H30N4O2/c1-3-34-26-16-14-25(15-17-26)32-22(2)27(29-30-32)28(23-10-6-4-7-11-23,24-12-8-5-9-13-24)31-18-20-33-21-19-31/h4-17H,3,18-21H2,1-2H3. The molecular weight excluding hydrogens is 424 g/mol. The fourth-order valence-corrected chi connectivity index (χ4v) is 4.97. The molecule has 1 aliphatic heterocycles. The molecule has 1 aliphatic rings. The molecule has 0 aliphatic carbocycles. The molecule has 0 amide bonds. The normalized spacial score (nSPS) is 14.8. The van der Waals surface area contributed by atoms with E-state index in [2.05, 4.69) is 77.7 Å². The molecule has 1 fully saturated rings. The summed E-state index contributed by atoms with van der Waals surface area (Å²) < 4.78 is 13.3. The number of ether oxygens (including phenoxy) is 2. The number of hydrogen-bond donors (Lipinski definition) is 0. The lowest BCUT2D eigenvalue weighted by molar-refractivity contribution is 0.000929. The van der Waals surface area contributed by atoms with Crippen molar-refractivity contribution in [3.05, 3.63) is 107 Å². The molecule has 6 nitrogen and oxygen atoms in total. The van der Waals surface area contributed by atoms with Gasteiger partial charge in [-0.1, -0.05) is 65.9 Å². The molecule has 0 saturated carbocycles. The molecular formula is C28H30N4O2. The second-order valence-corrected chi connectivity index (χ2v) is 8.40. The summed E-state index contributed by atoms with van der Waals surface area (Å²) in [6, 6.07) is 29.3. The Balaban J connectivity index is 1.71. The Morgan fingerprint density at radius 3 is 2.00 bits per heavy atom. The van der Waals surface area contributed by atoms with Crippen molar-refractivity contribution in [3.8, 4) is 11.4 Å². The highest BCUT2D eigenvalue weighted by molar-refractivity contribution is 5.50. The predicted molar refractivity (Wildman–Crippen MR) is 132 cm³/mol. The molecule has 3 aromatic carbocycles. The van der Waals surface area contributed by atoms with Crippen LogP contribution in [0.4, 0.5) is 0 Å². The molecule has 4 aromatic rings. The zero-order valence-electron chi connectivity index (χ0n) is 19.7. The molecule has 5 rings (SSSR count). The number of benzene rings is 3. The number of morpholine rings is 1. The Morgan fingerprint density at radius 2 is 1.44 bits per heavy atom. The van der Waals surface area contributed by atoms with Gasteiger partial charge in [0.25, 0.3) is 0 Å². The van der Waals surface area contributed by atoms with Gasteiger partial charge in [0.05, 0.1) is 31.2 Å². The van der Waals surface area contributed by atoms with Gasteiger partial charge in [-0.2, -0.15) is 0 Å². The minimum Gasteiger partial charge on any atom is -0.494 e. The third-order valence-corrected chi connectivity index (χ3v) is 6.50. The molecule has 0 atom stereocenters. The summed E-state index contributed by atoms with van der Waals surface area (Å²) in [4.78, 5) is 2.49. The van der Waals surface area contributed by atoms with Gasteiger partial charge in [0, 0.05) is 13.1 Å². The number of nitrogens with zero attached hydrogens (tertiary/aromatic N) is 4. The first kappa shape index (κ1) is 22.3. The molecule has 0 bridgehead atoms. The first-order valence-corrected chi connectivity index (χ1v) is 11.8. The zero-order valence-corrected chi connectivity index (χ0v) is 19.7. The topological polar surface area (TPSA) is 52.4 Å². The average Bonchev–Trinajstić information content (AvgIpc) is 3.29. The lowest BCUT2D eigenvalue weighted by Crippen LogP contribution is -2.53. The molecule has 2 heterocycles. The summed E-state index contributed by atoms with van der Waals surface area (Å²) in [5.41, 5.74) is 4.65. The van der Waals surface area contributed by atoms with E-state index in [9.17, 15) is 0 Å². The predicted octanol–water partition coefficient (Wildman–Crippen LogP) is 4.60. The third kappa shape index (κ3) is 3.89. The average molecular weight is 455 g/mol. The number of aromatic nitrogens is 3. The van der Waals surface area contributed by atoms with E-state index in [1.165, 1.54) is 11.1 Å². The summed E-state index contributed by atoms with van der Waals surface area (Å²) in [6.07, 6.45) is 0. The second-order valence-electron chi connectivity index (χ2n) is 8.40. The monoisotopic (exact) mass is 454 g/mol. The van der Waals surface area contributed by atoms with E-state index >= 15 is 0 Å². The molecule has 6 heteroatoms. The van der Waals surface area contributed by atoms with E-state index in [-0.39, 0.29) is 0 Å². The summed E-state index contributed by atoms with van der Waals surface area (Å²) in [5, 5.41) is 9.49. The van der Waals surface area contributed by atoms with E-state index in [1.807, 2.05) is 35.9 Å². The Labute approximate surface area is 200 Å². The lowest BCUT2D eigenvalue weighted by Gasteiger charge is -2.45. The SMILES string of the molecule is CCOc1ccc(-n2nnc(C(c3ccccc3)(c3ccccc3)N3CCOCC3)c2C)cc1. The Morgan fingerprint density at radius 1 is 0.853 bits per heavy atom. The van der Waals surface area contributed by atoms with Gasteiger partial charge in [0.2, 0.25) is 0 Å². The minimum absolute atomic E-state index is 0.583. The molecule has 174 valence electrons. The van der Waals surface area contributed by atoms with Crippen molar-refractivity contribution in [2.75, 3.05) is 32.9 Å². The van der Waals surface area contributed by atoms with Crippen LogP contribution in [0.5, 0.6) is 5.75 Å². The van der Waals surface area contributed by atoms with Gasteiger partial charge in [0.15, 0.2) is 0 Å². The largest absolute Gasteiger partial charge is 0.494 e. The molecule has 0 N–H and O–H groups in total. The summed E-state index contributed by atoms with van der Waals surface area (Å²) in [7, 11) is 0. The molecule has 0 unspecified atom stereocenters. The third-order valence-electron chi connectivity index (χ3n) is 6.50. The van der Waals surface area contributed by atoms with Gasteiger partial charge in [0.1, 0.15) is 17.0 Å². The maximum Gasteiger partial charge on any atom is 0.119 e. The fraction of sp³-hybridized carbons (Fsp3) is 0.286. The van der Waals surface area contributed by atoms with Crippen LogP contribution in [-0.2, 0) is 10.3 Å². The van der Waals surface area contributed by atoms with Gasteiger partial charge in [-0.25, -0.2) is 4.68 Å². The highest BCUT2D eigenvalue weighted by Crippen LogP contribution is 2.43. The van der Waals surface area contributed by atoms with Crippen LogP contribution in [-0.4, -0.2) is 52.8 Å². The van der Waals surface area contributed by atoms with Crippen LogP contribution in [0.3, 0.4) is 0 Å². The van der Waals surface area contributed by atoms with Crippen LogP contribution in [0.15, 0.2) is 84.9 Å². The maximum absolute atomic E-state index is 5.74. The van der Waals surface area contributed by atoms with Crippen LogP contribution < -0.4 is 4.74 Å².